The Labute approximate surface area is 78.0 Å². The molecular weight excluding hydrogens is 160 g/mol. The van der Waals surface area contributed by atoms with E-state index in [1.807, 2.05) is 7.05 Å². The van der Waals surface area contributed by atoms with Gasteiger partial charge in [0.15, 0.2) is 0 Å². The van der Waals surface area contributed by atoms with Crippen LogP contribution in [0.3, 0.4) is 0 Å². The molecule has 13 heavy (non-hydrogen) atoms. The van der Waals surface area contributed by atoms with E-state index in [0.717, 1.165) is 18.4 Å². The molecule has 0 saturated carbocycles. The lowest BCUT2D eigenvalue weighted by molar-refractivity contribution is 0.915. The Balaban J connectivity index is 2.61. The number of nitrogens with one attached hydrogen (secondary N) is 1. The Bertz CT molecular complexity index is 432. The molecule has 0 fully saturated rings. The summed E-state index contributed by atoms with van der Waals surface area (Å²) >= 11 is 0. The third-order valence-corrected chi connectivity index (χ3v) is 2.36. The molecule has 1 N–H and O–H groups in total. The number of aryl methyl sites for hydroxylation is 1. The lowest BCUT2D eigenvalue weighted by Gasteiger charge is -1.98. The molecule has 0 unspecified atom stereocenters. The molecule has 0 amide bonds. The van der Waals surface area contributed by atoms with E-state index in [9.17, 15) is 0 Å². The summed E-state index contributed by atoms with van der Waals surface area (Å²) in [5.74, 6) is 0. The molecule has 2 nitrogen and oxygen atoms in total. The van der Waals surface area contributed by atoms with E-state index >= 15 is 0 Å². The number of rotatable bonds is 2. The van der Waals surface area contributed by atoms with E-state index in [-0.39, 0.29) is 0 Å². The van der Waals surface area contributed by atoms with Crippen LogP contribution in [0.25, 0.3) is 5.57 Å². The predicted octanol–water partition coefficient (Wildman–Crippen LogP) is -0.00168. The summed E-state index contributed by atoms with van der Waals surface area (Å²) in [5.41, 5.74) is 2.71. The first-order valence-corrected chi connectivity index (χ1v) is 4.59. The highest BCUT2D eigenvalue weighted by atomic mass is 14.8. The second-order valence-electron chi connectivity index (χ2n) is 3.47. The molecule has 2 rings (SSSR count). The molecule has 1 aromatic rings. The van der Waals surface area contributed by atoms with Crippen LogP contribution >= 0.6 is 0 Å². The van der Waals surface area contributed by atoms with Crippen molar-refractivity contribution in [2.75, 3.05) is 20.1 Å². The Morgan fingerprint density at radius 2 is 2.31 bits per heavy atom. The van der Waals surface area contributed by atoms with Crippen molar-refractivity contribution in [2.45, 2.75) is 6.92 Å². The summed E-state index contributed by atoms with van der Waals surface area (Å²) < 4.78 is 0. The molecule has 1 aliphatic rings. The fourth-order valence-electron chi connectivity index (χ4n) is 1.70. The molecule has 0 radical (unpaired) electrons. The van der Waals surface area contributed by atoms with Crippen LogP contribution in [0.15, 0.2) is 23.2 Å². The van der Waals surface area contributed by atoms with Crippen molar-refractivity contribution >= 4 is 5.57 Å². The zero-order chi connectivity index (χ0) is 9.26. The Kier molecular flexibility index (Phi) is 2.15. The van der Waals surface area contributed by atoms with Crippen molar-refractivity contribution in [2.24, 2.45) is 4.99 Å². The van der Waals surface area contributed by atoms with E-state index < -0.39 is 0 Å². The topological polar surface area (TPSA) is 24.4 Å². The van der Waals surface area contributed by atoms with E-state index in [1.165, 1.54) is 16.4 Å². The fourth-order valence-corrected chi connectivity index (χ4v) is 1.70. The largest absolute Gasteiger partial charge is 0.316 e. The molecule has 1 heterocycles. The molecule has 0 atom stereocenters. The van der Waals surface area contributed by atoms with Gasteiger partial charge in [-0.05, 0) is 31.7 Å². The second kappa shape index (κ2) is 3.30. The van der Waals surface area contributed by atoms with E-state index in [1.54, 1.807) is 0 Å². The molecule has 0 bridgehead atoms. The van der Waals surface area contributed by atoms with Gasteiger partial charge in [0, 0.05) is 11.8 Å². The van der Waals surface area contributed by atoms with E-state index in [4.69, 9.17) is 0 Å². The monoisotopic (exact) mass is 174 g/mol. The van der Waals surface area contributed by atoms with Gasteiger partial charge in [0.2, 0.25) is 0 Å². The minimum Gasteiger partial charge on any atom is -0.316 e. The average molecular weight is 174 g/mol. The molecule has 0 aromatic heterocycles. The third-order valence-electron chi connectivity index (χ3n) is 2.36. The van der Waals surface area contributed by atoms with Crippen molar-refractivity contribution in [3.05, 3.63) is 34.3 Å². The van der Waals surface area contributed by atoms with Crippen molar-refractivity contribution in [1.82, 2.24) is 5.32 Å². The van der Waals surface area contributed by atoms with Crippen molar-refractivity contribution < 1.29 is 0 Å². The van der Waals surface area contributed by atoms with Crippen molar-refractivity contribution in [1.29, 1.82) is 0 Å². The van der Waals surface area contributed by atoms with Crippen molar-refractivity contribution in [3.8, 4) is 0 Å². The fraction of sp³-hybridized carbons (Fsp3) is 0.364. The van der Waals surface area contributed by atoms with Crippen LogP contribution in [0.2, 0.25) is 0 Å². The van der Waals surface area contributed by atoms with Gasteiger partial charge in [-0.2, -0.15) is 0 Å². The normalized spacial score (nSPS) is 14.2. The van der Waals surface area contributed by atoms with Crippen LogP contribution < -0.4 is 15.9 Å². The SMILES string of the molecule is CNCC1=c2cc(C)ccc2=NC1. The van der Waals surface area contributed by atoms with Gasteiger partial charge in [-0.15, -0.1) is 0 Å². The maximum Gasteiger partial charge on any atom is 0.0651 e. The molecule has 0 saturated heterocycles. The summed E-state index contributed by atoms with van der Waals surface area (Å²) in [6.45, 7) is 3.93. The summed E-state index contributed by atoms with van der Waals surface area (Å²) in [5, 5.41) is 5.65. The number of benzene rings is 1. The summed E-state index contributed by atoms with van der Waals surface area (Å²) in [6, 6.07) is 6.44. The van der Waals surface area contributed by atoms with Gasteiger partial charge in [-0.3, -0.25) is 4.99 Å². The lowest BCUT2D eigenvalue weighted by Crippen LogP contribution is -2.26. The van der Waals surface area contributed by atoms with Crippen LogP contribution in [0, 0.1) is 6.92 Å². The van der Waals surface area contributed by atoms with Crippen LogP contribution in [0.1, 0.15) is 5.56 Å². The number of fused-ring (bicyclic) bond motifs is 1. The van der Waals surface area contributed by atoms with E-state index in [0.29, 0.717) is 0 Å². The highest BCUT2D eigenvalue weighted by molar-refractivity contribution is 5.51. The summed E-state index contributed by atoms with van der Waals surface area (Å²) in [6.07, 6.45) is 0. The Morgan fingerprint density at radius 1 is 1.46 bits per heavy atom. The first-order chi connectivity index (χ1) is 6.31. The smallest absolute Gasteiger partial charge is 0.0651 e. The molecule has 2 heteroatoms. The first kappa shape index (κ1) is 8.45. The highest BCUT2D eigenvalue weighted by Crippen LogP contribution is 1.97. The Morgan fingerprint density at radius 3 is 3.08 bits per heavy atom. The molecule has 68 valence electrons. The molecule has 1 aromatic carbocycles. The minimum atomic E-state index is 0.861. The van der Waals surface area contributed by atoms with Gasteiger partial charge in [0.1, 0.15) is 0 Å². The van der Waals surface area contributed by atoms with Crippen LogP contribution in [-0.2, 0) is 0 Å². The maximum absolute atomic E-state index is 4.46. The van der Waals surface area contributed by atoms with Gasteiger partial charge in [0.05, 0.1) is 11.9 Å². The quantitative estimate of drug-likeness (QED) is 0.670. The van der Waals surface area contributed by atoms with Gasteiger partial charge in [-0.1, -0.05) is 11.6 Å². The first-order valence-electron chi connectivity index (χ1n) is 4.59. The third kappa shape index (κ3) is 1.49. The zero-order valence-electron chi connectivity index (χ0n) is 8.09. The van der Waals surface area contributed by atoms with Crippen LogP contribution in [-0.4, -0.2) is 20.1 Å². The standard InChI is InChI=1S/C11H14N2/c1-8-3-4-11-10(5-8)9(6-12-2)7-13-11/h3-5,12H,6-7H2,1-2H3. The number of hydrogen-bond acceptors (Lipinski definition) is 2. The lowest BCUT2D eigenvalue weighted by atomic mass is 10.1. The van der Waals surface area contributed by atoms with Gasteiger partial charge in [-0.25, -0.2) is 0 Å². The minimum absolute atomic E-state index is 0.861. The van der Waals surface area contributed by atoms with Gasteiger partial charge >= 0.3 is 0 Å². The van der Waals surface area contributed by atoms with Crippen LogP contribution in [0.5, 0.6) is 0 Å². The number of nitrogens with zero attached hydrogens (tertiary/aromatic N) is 1. The Hall–Kier alpha value is -1.15. The maximum atomic E-state index is 4.46. The number of hydrogen-bond donors (Lipinski definition) is 1. The molecular formula is C11H14N2. The van der Waals surface area contributed by atoms with Gasteiger partial charge < -0.3 is 5.32 Å². The molecule has 0 spiro atoms. The van der Waals surface area contributed by atoms with Crippen molar-refractivity contribution in [3.63, 3.8) is 0 Å². The van der Waals surface area contributed by atoms with E-state index in [2.05, 4.69) is 35.4 Å². The average Bonchev–Trinajstić information content (AvgIpc) is 2.49. The molecule has 1 aliphatic heterocycles. The van der Waals surface area contributed by atoms with Crippen LogP contribution in [0.4, 0.5) is 0 Å². The second-order valence-corrected chi connectivity index (χ2v) is 3.47. The summed E-state index contributed by atoms with van der Waals surface area (Å²) in [4.78, 5) is 4.46. The summed E-state index contributed by atoms with van der Waals surface area (Å²) in [7, 11) is 1.97. The van der Waals surface area contributed by atoms with Gasteiger partial charge in [0.25, 0.3) is 0 Å². The predicted molar refractivity (Wildman–Crippen MR) is 54.2 cm³/mol. The zero-order valence-corrected chi connectivity index (χ0v) is 8.09. The highest BCUT2D eigenvalue weighted by Gasteiger charge is 2.04. The molecule has 0 aliphatic carbocycles.